The molecule has 0 aromatic carbocycles. The molecule has 1 aliphatic rings. The Bertz CT molecular complexity index is 215. The van der Waals surface area contributed by atoms with Crippen LogP contribution in [0, 0.1) is 5.41 Å². The number of hydrogen-bond acceptors (Lipinski definition) is 3. The standard InChI is InChI=1S/C16H34N2O/c1-4-11-17-14-16(9-7-6-8-10-16)15-18(3)12-13-19-5-2/h17H,4-15H2,1-3H3. The fourth-order valence-corrected chi connectivity index (χ4v) is 3.24. The molecule has 0 aromatic heterocycles. The van der Waals surface area contributed by atoms with Crippen LogP contribution in [0.2, 0.25) is 0 Å². The molecule has 1 saturated carbocycles. The van der Waals surface area contributed by atoms with Gasteiger partial charge in [-0.05, 0) is 45.2 Å². The zero-order chi connectivity index (χ0) is 14.0. The van der Waals surface area contributed by atoms with E-state index in [0.717, 1.165) is 26.3 Å². The van der Waals surface area contributed by atoms with Crippen molar-refractivity contribution in [2.45, 2.75) is 52.4 Å². The normalized spacial score (nSPS) is 18.9. The summed E-state index contributed by atoms with van der Waals surface area (Å²) in [6.07, 6.45) is 8.26. The molecule has 0 aliphatic heterocycles. The molecule has 3 heteroatoms. The minimum absolute atomic E-state index is 0.508. The van der Waals surface area contributed by atoms with Gasteiger partial charge in [0.05, 0.1) is 6.61 Å². The van der Waals surface area contributed by atoms with Crippen LogP contribution in [-0.2, 0) is 4.74 Å². The summed E-state index contributed by atoms with van der Waals surface area (Å²) < 4.78 is 5.47. The highest BCUT2D eigenvalue weighted by Crippen LogP contribution is 2.36. The van der Waals surface area contributed by atoms with Gasteiger partial charge < -0.3 is 15.0 Å². The monoisotopic (exact) mass is 270 g/mol. The lowest BCUT2D eigenvalue weighted by atomic mass is 9.73. The third-order valence-electron chi connectivity index (χ3n) is 4.27. The highest BCUT2D eigenvalue weighted by molar-refractivity contribution is 4.87. The molecule has 1 aliphatic carbocycles. The van der Waals surface area contributed by atoms with Gasteiger partial charge in [0, 0.05) is 26.2 Å². The van der Waals surface area contributed by atoms with Crippen molar-refractivity contribution < 1.29 is 4.74 Å². The molecule has 0 amide bonds. The van der Waals surface area contributed by atoms with Gasteiger partial charge in [0.15, 0.2) is 0 Å². The SMILES string of the molecule is CCCNCC1(CN(C)CCOCC)CCCCC1. The molecular weight excluding hydrogens is 236 g/mol. The smallest absolute Gasteiger partial charge is 0.0593 e. The van der Waals surface area contributed by atoms with Crippen LogP contribution in [-0.4, -0.2) is 51.3 Å². The Labute approximate surface area is 120 Å². The second-order valence-electron chi connectivity index (χ2n) is 6.17. The van der Waals surface area contributed by atoms with Gasteiger partial charge in [-0.2, -0.15) is 0 Å². The van der Waals surface area contributed by atoms with Gasteiger partial charge >= 0.3 is 0 Å². The Morgan fingerprint density at radius 2 is 1.89 bits per heavy atom. The Balaban J connectivity index is 2.39. The number of ether oxygens (including phenoxy) is 1. The van der Waals surface area contributed by atoms with E-state index in [0.29, 0.717) is 5.41 Å². The van der Waals surface area contributed by atoms with Crippen molar-refractivity contribution in [3.05, 3.63) is 0 Å². The number of likely N-dealkylation sites (N-methyl/N-ethyl adjacent to an activating group) is 1. The zero-order valence-corrected chi connectivity index (χ0v) is 13.3. The molecule has 0 heterocycles. The molecule has 0 saturated heterocycles. The summed E-state index contributed by atoms with van der Waals surface area (Å²) in [6.45, 7) is 10.6. The summed E-state index contributed by atoms with van der Waals surface area (Å²) in [7, 11) is 2.25. The average molecular weight is 270 g/mol. The van der Waals surface area contributed by atoms with E-state index >= 15 is 0 Å². The van der Waals surface area contributed by atoms with Gasteiger partial charge in [-0.15, -0.1) is 0 Å². The first-order chi connectivity index (χ1) is 9.22. The van der Waals surface area contributed by atoms with E-state index in [1.54, 1.807) is 0 Å². The Kier molecular flexibility index (Phi) is 8.67. The Morgan fingerprint density at radius 1 is 1.16 bits per heavy atom. The van der Waals surface area contributed by atoms with E-state index in [2.05, 4.69) is 31.1 Å². The second-order valence-corrected chi connectivity index (χ2v) is 6.17. The van der Waals surface area contributed by atoms with Gasteiger partial charge in [0.2, 0.25) is 0 Å². The molecule has 0 spiro atoms. The molecule has 0 aromatic rings. The third kappa shape index (κ3) is 6.73. The van der Waals surface area contributed by atoms with E-state index in [4.69, 9.17) is 4.74 Å². The highest BCUT2D eigenvalue weighted by atomic mass is 16.5. The lowest BCUT2D eigenvalue weighted by molar-refractivity contribution is 0.0813. The van der Waals surface area contributed by atoms with Gasteiger partial charge in [0.1, 0.15) is 0 Å². The molecule has 0 bridgehead atoms. The van der Waals surface area contributed by atoms with Crippen LogP contribution in [0.4, 0.5) is 0 Å². The van der Waals surface area contributed by atoms with Crippen molar-refractivity contribution in [2.75, 3.05) is 46.4 Å². The predicted molar refractivity (Wildman–Crippen MR) is 82.7 cm³/mol. The van der Waals surface area contributed by atoms with Crippen molar-refractivity contribution in [1.29, 1.82) is 0 Å². The topological polar surface area (TPSA) is 24.5 Å². The van der Waals surface area contributed by atoms with E-state index in [9.17, 15) is 0 Å². The van der Waals surface area contributed by atoms with Crippen LogP contribution >= 0.6 is 0 Å². The van der Waals surface area contributed by atoms with Gasteiger partial charge in [-0.3, -0.25) is 0 Å². The van der Waals surface area contributed by atoms with Crippen LogP contribution in [0.15, 0.2) is 0 Å². The maximum Gasteiger partial charge on any atom is 0.0593 e. The number of rotatable bonds is 10. The van der Waals surface area contributed by atoms with Crippen molar-refractivity contribution in [2.24, 2.45) is 5.41 Å². The predicted octanol–water partition coefficient (Wildman–Crippen LogP) is 2.90. The van der Waals surface area contributed by atoms with E-state index in [1.807, 2.05) is 0 Å². The van der Waals surface area contributed by atoms with Gasteiger partial charge in [0.25, 0.3) is 0 Å². The van der Waals surface area contributed by atoms with Crippen LogP contribution < -0.4 is 5.32 Å². The minimum atomic E-state index is 0.508. The van der Waals surface area contributed by atoms with E-state index in [-0.39, 0.29) is 0 Å². The summed E-state index contributed by atoms with van der Waals surface area (Å²) in [5, 5.41) is 3.66. The first-order valence-electron chi connectivity index (χ1n) is 8.19. The summed E-state index contributed by atoms with van der Waals surface area (Å²) in [5.74, 6) is 0. The number of hydrogen-bond donors (Lipinski definition) is 1. The fourth-order valence-electron chi connectivity index (χ4n) is 3.24. The van der Waals surface area contributed by atoms with Crippen molar-refractivity contribution in [3.63, 3.8) is 0 Å². The van der Waals surface area contributed by atoms with Crippen LogP contribution in [0.25, 0.3) is 0 Å². The van der Waals surface area contributed by atoms with E-state index in [1.165, 1.54) is 51.6 Å². The average Bonchev–Trinajstić information content (AvgIpc) is 2.40. The Hall–Kier alpha value is -0.120. The summed E-state index contributed by atoms with van der Waals surface area (Å²) >= 11 is 0. The highest BCUT2D eigenvalue weighted by Gasteiger charge is 2.32. The molecule has 0 atom stereocenters. The molecule has 0 unspecified atom stereocenters. The second kappa shape index (κ2) is 9.73. The van der Waals surface area contributed by atoms with Crippen LogP contribution in [0.5, 0.6) is 0 Å². The van der Waals surface area contributed by atoms with E-state index < -0.39 is 0 Å². The maximum absolute atomic E-state index is 5.47. The largest absolute Gasteiger partial charge is 0.380 e. The molecular formula is C16H34N2O. The fraction of sp³-hybridized carbons (Fsp3) is 1.00. The summed E-state index contributed by atoms with van der Waals surface area (Å²) in [5.41, 5.74) is 0.508. The van der Waals surface area contributed by atoms with Crippen LogP contribution in [0.1, 0.15) is 52.4 Å². The van der Waals surface area contributed by atoms with Crippen molar-refractivity contribution >= 4 is 0 Å². The van der Waals surface area contributed by atoms with Crippen LogP contribution in [0.3, 0.4) is 0 Å². The molecule has 3 nitrogen and oxygen atoms in total. The maximum atomic E-state index is 5.47. The lowest BCUT2D eigenvalue weighted by Crippen LogP contribution is -2.45. The lowest BCUT2D eigenvalue weighted by Gasteiger charge is -2.40. The first kappa shape index (κ1) is 16.9. The molecule has 0 radical (unpaired) electrons. The number of nitrogens with zero attached hydrogens (tertiary/aromatic N) is 1. The molecule has 1 rings (SSSR count). The Morgan fingerprint density at radius 3 is 2.53 bits per heavy atom. The molecule has 114 valence electrons. The minimum Gasteiger partial charge on any atom is -0.380 e. The molecule has 1 N–H and O–H groups in total. The first-order valence-corrected chi connectivity index (χ1v) is 8.19. The van der Waals surface area contributed by atoms with Crippen molar-refractivity contribution in [1.82, 2.24) is 10.2 Å². The quantitative estimate of drug-likeness (QED) is 0.618. The summed E-state index contributed by atoms with van der Waals surface area (Å²) in [6, 6.07) is 0. The zero-order valence-electron chi connectivity index (χ0n) is 13.3. The molecule has 1 fully saturated rings. The summed E-state index contributed by atoms with van der Waals surface area (Å²) in [4.78, 5) is 2.47. The third-order valence-corrected chi connectivity index (χ3v) is 4.27. The van der Waals surface area contributed by atoms with Gasteiger partial charge in [-0.25, -0.2) is 0 Å². The number of nitrogens with one attached hydrogen (secondary N) is 1. The van der Waals surface area contributed by atoms with Crippen molar-refractivity contribution in [3.8, 4) is 0 Å². The molecule has 19 heavy (non-hydrogen) atoms. The van der Waals surface area contributed by atoms with Gasteiger partial charge in [-0.1, -0.05) is 26.2 Å².